The molecule has 0 heterocycles. The fraction of sp³-hybridized carbons (Fsp3) is 0.359. The zero-order valence-corrected chi connectivity index (χ0v) is 27.7. The van der Waals surface area contributed by atoms with Gasteiger partial charge in [-0.3, -0.25) is 9.63 Å². The van der Waals surface area contributed by atoms with Crippen molar-refractivity contribution < 1.29 is 28.3 Å². The largest absolute Gasteiger partial charge is 0.435 e. The van der Waals surface area contributed by atoms with Crippen LogP contribution in [0.4, 0.5) is 9.18 Å². The van der Waals surface area contributed by atoms with Crippen molar-refractivity contribution in [2.75, 3.05) is 46.2 Å². The number of ether oxygens (including phenoxy) is 2. The van der Waals surface area contributed by atoms with Gasteiger partial charge in [0.05, 0.1) is 0 Å². The van der Waals surface area contributed by atoms with Crippen molar-refractivity contribution in [2.24, 2.45) is 5.16 Å². The highest BCUT2D eigenvalue weighted by Gasteiger charge is 2.43. The van der Waals surface area contributed by atoms with Gasteiger partial charge < -0.3 is 14.4 Å². The van der Waals surface area contributed by atoms with Crippen molar-refractivity contribution in [3.05, 3.63) is 107 Å². The molecule has 0 saturated carbocycles. The molecule has 0 spiro atoms. The van der Waals surface area contributed by atoms with E-state index in [0.29, 0.717) is 69.0 Å². The topological polar surface area (TPSA) is 77.4 Å². The molecule has 0 saturated heterocycles. The van der Waals surface area contributed by atoms with Crippen LogP contribution >= 0.6 is 0 Å². The quantitative estimate of drug-likeness (QED) is 0.0430. The third-order valence-corrected chi connectivity index (χ3v) is 9.13. The number of carbonyl (C=O) groups excluding carboxylic acids is 2. The van der Waals surface area contributed by atoms with Crippen LogP contribution in [-0.4, -0.2) is 68.7 Å². The summed E-state index contributed by atoms with van der Waals surface area (Å²) < 4.78 is 26.2. The summed E-state index contributed by atoms with van der Waals surface area (Å²) in [6.45, 7) is 9.90. The maximum atomic E-state index is 14.4. The summed E-state index contributed by atoms with van der Waals surface area (Å²) >= 11 is 0. The monoisotopic (exact) mass is 638 g/mol. The van der Waals surface area contributed by atoms with E-state index >= 15 is 0 Å². The number of oxime groups is 1. The number of hydrogen-bond donors (Lipinski definition) is 0. The van der Waals surface area contributed by atoms with Crippen molar-refractivity contribution in [2.45, 2.75) is 46.0 Å². The molecule has 5 rings (SSSR count). The summed E-state index contributed by atoms with van der Waals surface area (Å²) in [5, 5.41) is 5.84. The first-order valence-corrected chi connectivity index (χ1v) is 16.5. The van der Waals surface area contributed by atoms with Gasteiger partial charge in [-0.05, 0) is 85.7 Å². The molecule has 246 valence electrons. The van der Waals surface area contributed by atoms with Gasteiger partial charge in [0, 0.05) is 61.6 Å². The second kappa shape index (κ2) is 15.5. The highest BCUT2D eigenvalue weighted by molar-refractivity contribution is 6.17. The summed E-state index contributed by atoms with van der Waals surface area (Å²) in [4.78, 5) is 33.1. The normalized spacial score (nSPS) is 13.3. The summed E-state index contributed by atoms with van der Waals surface area (Å²) in [5.41, 5.74) is 5.18. The van der Waals surface area contributed by atoms with Gasteiger partial charge in [-0.15, -0.1) is 0 Å². The number of hydrogen-bond acceptors (Lipinski definition) is 6. The number of rotatable bonds is 15. The molecule has 0 fully saturated rings. The number of fused-ring (bicyclic) bond motifs is 4. The first kappa shape index (κ1) is 33.9. The van der Waals surface area contributed by atoms with E-state index in [9.17, 15) is 14.0 Å². The molecule has 8 heteroatoms. The molecule has 1 amide bonds. The summed E-state index contributed by atoms with van der Waals surface area (Å²) in [6, 6.07) is 25.3. The minimum Gasteiger partial charge on any atom is -0.382 e. The molecule has 0 N–H and O–H groups in total. The number of amides is 1. The number of benzene rings is 4. The smallest absolute Gasteiger partial charge is 0.382 e. The number of alkyl halides is 1. The predicted molar refractivity (Wildman–Crippen MR) is 184 cm³/mol. The third kappa shape index (κ3) is 6.85. The molecule has 0 bridgehead atoms. The van der Waals surface area contributed by atoms with E-state index in [-0.39, 0.29) is 11.5 Å². The van der Waals surface area contributed by atoms with Crippen LogP contribution in [0, 0.1) is 0 Å². The maximum absolute atomic E-state index is 14.4. The van der Waals surface area contributed by atoms with Crippen molar-refractivity contribution in [1.82, 2.24) is 4.90 Å². The highest BCUT2D eigenvalue weighted by Crippen LogP contribution is 2.53. The Balaban J connectivity index is 1.63. The lowest BCUT2D eigenvalue weighted by molar-refractivity contribution is 0.103. The molecule has 0 radical (unpaired) electrons. The second-order valence-electron chi connectivity index (χ2n) is 11.6. The van der Waals surface area contributed by atoms with Crippen LogP contribution in [0.15, 0.2) is 84.0 Å². The first-order chi connectivity index (χ1) is 22.9. The highest BCUT2D eigenvalue weighted by atomic mass is 19.1. The van der Waals surface area contributed by atoms with Gasteiger partial charge in [-0.1, -0.05) is 71.9 Å². The van der Waals surface area contributed by atoms with Gasteiger partial charge in [0.2, 0.25) is 0 Å². The lowest BCUT2D eigenvalue weighted by Gasteiger charge is -2.32. The van der Waals surface area contributed by atoms with Crippen LogP contribution in [0.3, 0.4) is 0 Å². The van der Waals surface area contributed by atoms with Crippen LogP contribution in [0.1, 0.15) is 73.1 Å². The molecule has 47 heavy (non-hydrogen) atoms. The number of ketones is 1. The zero-order valence-electron chi connectivity index (χ0n) is 27.7. The van der Waals surface area contributed by atoms with Crippen LogP contribution in [0.25, 0.3) is 21.9 Å². The Morgan fingerprint density at radius 3 is 1.98 bits per heavy atom. The molecule has 0 aromatic heterocycles. The fourth-order valence-corrected chi connectivity index (χ4v) is 6.65. The molecular formula is C39H43FN2O5. The van der Waals surface area contributed by atoms with Crippen LogP contribution < -0.4 is 0 Å². The Morgan fingerprint density at radius 1 is 0.766 bits per heavy atom. The van der Waals surface area contributed by atoms with Crippen molar-refractivity contribution in [3.63, 3.8) is 0 Å². The minimum absolute atomic E-state index is 0.0129. The first-order valence-electron chi connectivity index (χ1n) is 16.5. The maximum Gasteiger partial charge on any atom is 0.435 e. The molecule has 7 nitrogen and oxygen atoms in total. The van der Waals surface area contributed by atoms with E-state index in [1.165, 1.54) is 4.90 Å². The van der Waals surface area contributed by atoms with Crippen LogP contribution in [-0.2, 0) is 19.7 Å². The third-order valence-electron chi connectivity index (χ3n) is 9.13. The van der Waals surface area contributed by atoms with Gasteiger partial charge in [0.15, 0.2) is 5.78 Å². The van der Waals surface area contributed by atoms with Gasteiger partial charge in [0.25, 0.3) is 0 Å². The number of nitrogens with zero attached hydrogens (tertiary/aromatic N) is 2. The van der Waals surface area contributed by atoms with Crippen molar-refractivity contribution in [1.29, 1.82) is 0 Å². The Morgan fingerprint density at radius 2 is 1.36 bits per heavy atom. The molecular weight excluding hydrogens is 595 g/mol. The van der Waals surface area contributed by atoms with Crippen molar-refractivity contribution in [3.8, 4) is 11.1 Å². The molecule has 1 aliphatic rings. The van der Waals surface area contributed by atoms with Gasteiger partial charge in [0.1, 0.15) is 12.4 Å². The Hall–Kier alpha value is -4.40. The van der Waals surface area contributed by atoms with Crippen LogP contribution in [0.2, 0.25) is 0 Å². The van der Waals surface area contributed by atoms with E-state index in [4.69, 9.17) is 14.3 Å². The lowest BCUT2D eigenvalue weighted by atomic mass is 9.73. The fourth-order valence-electron chi connectivity index (χ4n) is 6.65. The Labute approximate surface area is 276 Å². The predicted octanol–water partition coefficient (Wildman–Crippen LogP) is 8.34. The number of halogens is 1. The lowest BCUT2D eigenvalue weighted by Crippen LogP contribution is -2.30. The molecule has 4 aromatic rings. The van der Waals surface area contributed by atoms with Crippen molar-refractivity contribution >= 4 is 28.4 Å². The molecule has 0 unspecified atom stereocenters. The van der Waals surface area contributed by atoms with E-state index in [2.05, 4.69) is 11.2 Å². The van der Waals surface area contributed by atoms with Gasteiger partial charge in [-0.25, -0.2) is 9.18 Å². The molecule has 1 aliphatic carbocycles. The minimum atomic E-state index is -0.920. The van der Waals surface area contributed by atoms with E-state index in [0.717, 1.165) is 33.0 Å². The van der Waals surface area contributed by atoms with E-state index < -0.39 is 18.2 Å². The van der Waals surface area contributed by atoms with E-state index in [1.54, 1.807) is 0 Å². The standard InChI is InChI=1S/C39H43FN2O5/c1-5-42(6-2)38(44)47-41-36(26-40)28-16-18-34-32(24-28)33-25-29(37(43)31-15-11-13-27-12-9-10-14-30(27)31)17-19-35(33)39(34,20-22-45-7-3)21-23-46-8-4/h9-19,24-25H,5-8,20-23,26H2,1-4H3/b41-36+. The van der Waals surface area contributed by atoms with Gasteiger partial charge >= 0.3 is 6.09 Å². The SMILES string of the molecule is CCOCCC1(CCOCC)c2ccc(C(=O)c3cccc4ccccc34)cc2-c2cc(/C(CF)=N/OC(=O)N(CC)CC)ccc21. The van der Waals surface area contributed by atoms with Crippen LogP contribution in [0.5, 0.6) is 0 Å². The number of carbonyl (C=O) groups is 2. The second-order valence-corrected chi connectivity index (χ2v) is 11.6. The summed E-state index contributed by atoms with van der Waals surface area (Å²) in [5.74, 6) is -0.0715. The van der Waals surface area contributed by atoms with E-state index in [1.807, 2.05) is 100 Å². The average molecular weight is 639 g/mol. The molecule has 4 aromatic carbocycles. The zero-order chi connectivity index (χ0) is 33.4. The molecule has 0 aliphatic heterocycles. The summed E-state index contributed by atoms with van der Waals surface area (Å²) in [7, 11) is 0. The Bertz CT molecular complexity index is 1750. The van der Waals surface area contributed by atoms with Gasteiger partial charge in [-0.2, -0.15) is 0 Å². The Kier molecular flexibility index (Phi) is 11.2. The molecule has 0 atom stereocenters. The average Bonchev–Trinajstić information content (AvgIpc) is 3.37. The summed E-state index contributed by atoms with van der Waals surface area (Å²) in [6.07, 6.45) is 0.778.